The molecule has 0 bridgehead atoms. The molecule has 0 aliphatic rings. The Hall–Kier alpha value is -2.17. The molecule has 0 unspecified atom stereocenters. The van der Waals surface area contributed by atoms with Crippen LogP contribution in [0.15, 0.2) is 33.9 Å². The Morgan fingerprint density at radius 3 is 2.79 bits per heavy atom. The van der Waals surface area contributed by atoms with Gasteiger partial charge in [-0.05, 0) is 18.2 Å². The van der Waals surface area contributed by atoms with Gasteiger partial charge in [0.1, 0.15) is 5.52 Å². The Balaban J connectivity index is 2.85. The van der Waals surface area contributed by atoms with Crippen molar-refractivity contribution in [2.45, 2.75) is 0 Å². The quantitative estimate of drug-likeness (QED) is 0.537. The van der Waals surface area contributed by atoms with Crippen LogP contribution in [0.2, 0.25) is 0 Å². The number of nitrogens with one attached hydrogen (secondary N) is 1. The van der Waals surface area contributed by atoms with Gasteiger partial charge in [0.15, 0.2) is 5.52 Å². The molecule has 2 aromatic heterocycles. The zero-order valence-corrected chi connectivity index (χ0v) is 7.02. The predicted octanol–water partition coefficient (Wildman–Crippen LogP) is -0.0262. The van der Waals surface area contributed by atoms with Crippen LogP contribution in [-0.2, 0) is 0 Å². The fraction of sp³-hybridized carbons (Fsp3) is 0. The minimum atomic E-state index is -0.217. The van der Waals surface area contributed by atoms with Crippen molar-refractivity contribution in [2.75, 3.05) is 0 Å². The zero-order chi connectivity index (χ0) is 9.71. The number of pyridine rings is 1. The highest BCUT2D eigenvalue weighted by molar-refractivity contribution is 5.92. The molecule has 0 aliphatic carbocycles. The molecule has 2 heterocycles. The fourth-order valence-corrected chi connectivity index (χ4v) is 1.60. The van der Waals surface area contributed by atoms with Crippen molar-refractivity contribution >= 4 is 16.4 Å². The van der Waals surface area contributed by atoms with E-state index in [0.717, 1.165) is 5.39 Å². The van der Waals surface area contributed by atoms with Gasteiger partial charge in [-0.1, -0.05) is 0 Å². The van der Waals surface area contributed by atoms with E-state index in [1.807, 2.05) is 0 Å². The average molecular weight is 187 g/mol. The molecular weight excluding hydrogens is 182 g/mol. The fourth-order valence-electron chi connectivity index (χ4n) is 1.60. The minimum absolute atomic E-state index is 0.179. The van der Waals surface area contributed by atoms with Crippen molar-refractivity contribution in [3.05, 3.63) is 44.8 Å². The van der Waals surface area contributed by atoms with Gasteiger partial charge in [-0.25, -0.2) is 9.73 Å². The first kappa shape index (κ1) is 7.25. The summed E-state index contributed by atoms with van der Waals surface area (Å²) in [4.78, 5) is 22.7. The van der Waals surface area contributed by atoms with Gasteiger partial charge in [0.25, 0.3) is 5.56 Å². The van der Waals surface area contributed by atoms with Crippen molar-refractivity contribution in [3.63, 3.8) is 0 Å². The largest absolute Gasteiger partial charge is 0.287 e. The van der Waals surface area contributed by atoms with Crippen molar-refractivity contribution < 1.29 is 0 Å². The van der Waals surface area contributed by atoms with E-state index < -0.39 is 0 Å². The lowest BCUT2D eigenvalue weighted by Gasteiger charge is -1.94. The second-order valence-corrected chi connectivity index (χ2v) is 3.07. The van der Waals surface area contributed by atoms with Gasteiger partial charge in [-0.15, -0.1) is 0 Å². The Morgan fingerprint density at radius 2 is 1.93 bits per heavy atom. The Kier molecular flexibility index (Phi) is 1.14. The first-order valence-electron chi connectivity index (χ1n) is 4.10. The number of rotatable bonds is 0. The van der Waals surface area contributed by atoms with Crippen LogP contribution in [0, 0.1) is 0 Å². The molecule has 5 nitrogen and oxygen atoms in total. The molecule has 0 spiro atoms. The van der Waals surface area contributed by atoms with Gasteiger partial charge < -0.3 is 0 Å². The predicted molar refractivity (Wildman–Crippen MR) is 50.8 cm³/mol. The van der Waals surface area contributed by atoms with E-state index in [2.05, 4.69) is 10.3 Å². The molecule has 5 heteroatoms. The smallest absolute Gasteiger partial charge is 0.271 e. The van der Waals surface area contributed by atoms with Crippen LogP contribution in [0.4, 0.5) is 0 Å². The number of hydrogen-bond acceptors (Lipinski definition) is 3. The Bertz CT molecular complexity index is 667. The van der Waals surface area contributed by atoms with Crippen LogP contribution in [-0.4, -0.2) is 14.8 Å². The van der Waals surface area contributed by atoms with E-state index in [1.165, 1.54) is 16.6 Å². The highest BCUT2D eigenvalue weighted by Crippen LogP contribution is 2.12. The summed E-state index contributed by atoms with van der Waals surface area (Å²) in [5.74, 6) is 0. The molecular formula is C9H5N3O2. The van der Waals surface area contributed by atoms with Crippen LogP contribution >= 0.6 is 0 Å². The summed E-state index contributed by atoms with van der Waals surface area (Å²) in [6.07, 6.45) is 0. The summed E-state index contributed by atoms with van der Waals surface area (Å²) in [5, 5.41) is 7.14. The van der Waals surface area contributed by atoms with E-state index in [4.69, 9.17) is 0 Å². The molecule has 14 heavy (non-hydrogen) atoms. The summed E-state index contributed by atoms with van der Waals surface area (Å²) in [6.45, 7) is 0. The van der Waals surface area contributed by atoms with Gasteiger partial charge >= 0.3 is 0 Å². The summed E-state index contributed by atoms with van der Waals surface area (Å²) >= 11 is 0. The van der Waals surface area contributed by atoms with Crippen LogP contribution < -0.4 is 11.0 Å². The first-order valence-corrected chi connectivity index (χ1v) is 4.10. The van der Waals surface area contributed by atoms with E-state index >= 15 is 0 Å². The minimum Gasteiger partial charge on any atom is -0.287 e. The topological polar surface area (TPSA) is 67.2 Å². The van der Waals surface area contributed by atoms with Gasteiger partial charge in [0.2, 0.25) is 5.43 Å². The third kappa shape index (κ3) is 0.711. The standard InChI is InChI=1S/C9H5N3O2/c13-6-3-1-5-2-4-7(14)12-9(5)8(6)10-11-12/h1-4,11H. The van der Waals surface area contributed by atoms with E-state index in [-0.39, 0.29) is 11.0 Å². The van der Waals surface area contributed by atoms with Crippen molar-refractivity contribution in [3.8, 4) is 0 Å². The monoisotopic (exact) mass is 187 g/mol. The van der Waals surface area contributed by atoms with Crippen LogP contribution in [0.25, 0.3) is 16.4 Å². The SMILES string of the molecule is O=c1ccc2ccc(=O)n3[nH]nc1c23. The van der Waals surface area contributed by atoms with E-state index in [0.29, 0.717) is 11.0 Å². The number of nitrogens with zero attached hydrogens (tertiary/aromatic N) is 2. The molecule has 3 aromatic rings. The second kappa shape index (κ2) is 2.20. The molecule has 1 N–H and O–H groups in total. The van der Waals surface area contributed by atoms with E-state index in [9.17, 15) is 9.59 Å². The maximum Gasteiger partial charge on any atom is 0.271 e. The maximum absolute atomic E-state index is 11.4. The molecule has 0 radical (unpaired) electrons. The molecule has 1 aromatic carbocycles. The summed E-state index contributed by atoms with van der Waals surface area (Å²) < 4.78 is 1.27. The molecule has 0 fully saturated rings. The van der Waals surface area contributed by atoms with Crippen molar-refractivity contribution in [2.24, 2.45) is 0 Å². The number of aromatic nitrogens is 3. The normalized spacial score (nSPS) is 11.4. The molecule has 0 saturated carbocycles. The van der Waals surface area contributed by atoms with Gasteiger partial charge in [0, 0.05) is 11.5 Å². The third-order valence-electron chi connectivity index (χ3n) is 2.26. The maximum atomic E-state index is 11.4. The molecule has 0 saturated heterocycles. The van der Waals surface area contributed by atoms with Gasteiger partial charge in [-0.2, -0.15) is 5.10 Å². The third-order valence-corrected chi connectivity index (χ3v) is 2.26. The number of aromatic amines is 1. The average Bonchev–Trinajstić information content (AvgIpc) is 2.62. The zero-order valence-electron chi connectivity index (χ0n) is 7.02. The highest BCUT2D eigenvalue weighted by Gasteiger charge is 2.08. The van der Waals surface area contributed by atoms with Crippen molar-refractivity contribution in [1.82, 2.24) is 14.8 Å². The van der Waals surface area contributed by atoms with Crippen LogP contribution in [0.5, 0.6) is 0 Å². The Labute approximate surface area is 76.9 Å². The van der Waals surface area contributed by atoms with Crippen LogP contribution in [0.1, 0.15) is 0 Å². The summed E-state index contributed by atoms with van der Waals surface area (Å²) in [5.41, 5.74) is 0.470. The van der Waals surface area contributed by atoms with Crippen molar-refractivity contribution in [1.29, 1.82) is 0 Å². The van der Waals surface area contributed by atoms with Crippen LogP contribution in [0.3, 0.4) is 0 Å². The van der Waals surface area contributed by atoms with E-state index in [1.54, 1.807) is 12.1 Å². The highest BCUT2D eigenvalue weighted by atomic mass is 16.1. The molecule has 0 aliphatic heterocycles. The number of H-pyrrole nitrogens is 1. The number of hydrogen-bond donors (Lipinski definition) is 1. The summed E-state index contributed by atoms with van der Waals surface area (Å²) in [6, 6.07) is 6.24. The molecule has 0 amide bonds. The lowest BCUT2D eigenvalue weighted by atomic mass is 10.2. The molecule has 68 valence electrons. The first-order chi connectivity index (χ1) is 6.77. The number of benzene rings is 1. The molecule has 0 atom stereocenters. The summed E-state index contributed by atoms with van der Waals surface area (Å²) in [7, 11) is 0. The second-order valence-electron chi connectivity index (χ2n) is 3.07. The molecule has 3 rings (SSSR count). The van der Waals surface area contributed by atoms with Gasteiger partial charge in [0.05, 0.1) is 0 Å². The lowest BCUT2D eigenvalue weighted by molar-refractivity contribution is 0.835. The van der Waals surface area contributed by atoms with Gasteiger partial charge in [-0.3, -0.25) is 9.59 Å². The Morgan fingerprint density at radius 1 is 1.14 bits per heavy atom. The lowest BCUT2D eigenvalue weighted by Crippen LogP contribution is -2.12.